The highest BCUT2D eigenvalue weighted by Gasteiger charge is 2.09. The second kappa shape index (κ2) is 5.74. The number of fused-ring (bicyclic) bond motifs is 1. The van der Waals surface area contributed by atoms with Gasteiger partial charge in [0.05, 0.1) is 6.61 Å². The molecule has 7 nitrogen and oxygen atoms in total. The van der Waals surface area contributed by atoms with Gasteiger partial charge in [0.25, 0.3) is 0 Å². The molecule has 0 atom stereocenters. The van der Waals surface area contributed by atoms with Gasteiger partial charge in [-0.15, -0.1) is 26.4 Å². The normalized spacial score (nSPS) is 10.9. The summed E-state index contributed by atoms with van der Waals surface area (Å²) < 4.78 is 6.45. The molecule has 2 aromatic rings. The molecule has 2 rings (SSSR count). The molecule has 2 heterocycles. The van der Waals surface area contributed by atoms with Gasteiger partial charge in [0, 0.05) is 26.1 Å². The quantitative estimate of drug-likeness (QED) is 0.689. The van der Waals surface area contributed by atoms with Gasteiger partial charge in [0.15, 0.2) is 11.5 Å². The van der Waals surface area contributed by atoms with Crippen LogP contribution in [0.1, 0.15) is 0 Å². The lowest BCUT2D eigenvalue weighted by atomic mass is 10.4. The van der Waals surface area contributed by atoms with Crippen LogP contribution in [0.3, 0.4) is 0 Å². The van der Waals surface area contributed by atoms with Crippen LogP contribution in [0.15, 0.2) is 12.1 Å². The predicted molar refractivity (Wildman–Crippen MR) is 63.4 cm³/mol. The maximum absolute atomic E-state index is 5.76. The fourth-order valence-corrected chi connectivity index (χ4v) is 1.66. The van der Waals surface area contributed by atoms with Gasteiger partial charge in [-0.3, -0.25) is 0 Å². The zero-order chi connectivity index (χ0) is 12.1. The van der Waals surface area contributed by atoms with Crippen molar-refractivity contribution in [2.45, 2.75) is 0 Å². The molecule has 0 N–H and O–H groups in total. The minimum absolute atomic E-state index is 0.527. The van der Waals surface area contributed by atoms with Crippen molar-refractivity contribution >= 4 is 23.1 Å². The second-order valence-electron chi connectivity index (χ2n) is 3.39. The Bertz CT molecular complexity index is 475. The highest BCUT2D eigenvalue weighted by atomic mass is 35.5. The number of rotatable bonds is 6. The summed E-state index contributed by atoms with van der Waals surface area (Å²) in [5, 5.41) is 15.4. The van der Waals surface area contributed by atoms with E-state index >= 15 is 0 Å². The maximum Gasteiger partial charge on any atom is 0.200 e. The molecule has 0 saturated carbocycles. The van der Waals surface area contributed by atoms with Crippen LogP contribution >= 0.6 is 11.6 Å². The predicted octanol–water partition coefficient (Wildman–Crippen LogP) is 0.211. The van der Waals surface area contributed by atoms with E-state index in [1.165, 1.54) is 4.63 Å². The van der Waals surface area contributed by atoms with Crippen molar-refractivity contribution in [2.75, 3.05) is 37.6 Å². The molecule has 92 valence electrons. The number of hydrogen-bond acceptors (Lipinski definition) is 6. The SMILES string of the molecule is COCCN(CCCl)c1ccc2nnnn2n1. The van der Waals surface area contributed by atoms with Gasteiger partial charge in [0.2, 0.25) is 0 Å². The molecular weight excluding hydrogens is 244 g/mol. The Labute approximate surface area is 103 Å². The minimum atomic E-state index is 0.527. The largest absolute Gasteiger partial charge is 0.383 e. The Kier molecular flexibility index (Phi) is 4.05. The summed E-state index contributed by atoms with van der Waals surface area (Å²) in [6, 6.07) is 3.68. The third-order valence-electron chi connectivity index (χ3n) is 2.30. The van der Waals surface area contributed by atoms with Crippen molar-refractivity contribution in [1.29, 1.82) is 0 Å². The lowest BCUT2D eigenvalue weighted by Crippen LogP contribution is -2.30. The number of alkyl halides is 1. The molecule has 0 aromatic carbocycles. The summed E-state index contributed by atoms with van der Waals surface area (Å²) >= 11 is 5.76. The number of ether oxygens (including phenoxy) is 1. The fourth-order valence-electron chi connectivity index (χ4n) is 1.45. The lowest BCUT2D eigenvalue weighted by molar-refractivity contribution is 0.205. The molecule has 0 amide bonds. The molecule has 0 spiro atoms. The number of anilines is 1. The zero-order valence-electron chi connectivity index (χ0n) is 9.45. The van der Waals surface area contributed by atoms with Crippen molar-refractivity contribution < 1.29 is 4.74 Å². The molecule has 0 saturated heterocycles. The summed E-state index contributed by atoms with van der Waals surface area (Å²) in [4.78, 5) is 2.03. The van der Waals surface area contributed by atoms with Crippen LogP contribution in [-0.2, 0) is 4.74 Å². The number of methoxy groups -OCH3 is 1. The molecule has 17 heavy (non-hydrogen) atoms. The molecule has 0 aliphatic carbocycles. The molecule has 0 unspecified atom stereocenters. The van der Waals surface area contributed by atoms with Gasteiger partial charge in [-0.2, -0.15) is 0 Å². The molecule has 0 aliphatic heterocycles. The van der Waals surface area contributed by atoms with E-state index in [0.29, 0.717) is 24.7 Å². The first-order valence-corrected chi connectivity index (χ1v) is 5.74. The maximum atomic E-state index is 5.76. The fraction of sp³-hybridized carbons (Fsp3) is 0.556. The number of halogens is 1. The standard InChI is InChI=1S/C9H13ClN6O/c1-17-7-6-15(5-4-10)9-3-2-8-11-13-14-16(8)12-9/h2-3H,4-7H2,1H3. The molecule has 0 bridgehead atoms. The average Bonchev–Trinajstić information content (AvgIpc) is 2.81. The molecule has 8 heteroatoms. The Hall–Kier alpha value is -1.47. The van der Waals surface area contributed by atoms with Crippen LogP contribution in [0.5, 0.6) is 0 Å². The zero-order valence-corrected chi connectivity index (χ0v) is 10.2. The topological polar surface area (TPSA) is 68.4 Å². The summed E-state index contributed by atoms with van der Waals surface area (Å²) in [6.07, 6.45) is 0. The van der Waals surface area contributed by atoms with Gasteiger partial charge >= 0.3 is 0 Å². The van der Waals surface area contributed by atoms with Gasteiger partial charge in [0.1, 0.15) is 0 Å². The molecular formula is C9H13ClN6O. The van der Waals surface area contributed by atoms with Crippen LogP contribution in [0, 0.1) is 0 Å². The Morgan fingerprint density at radius 3 is 3.06 bits per heavy atom. The van der Waals surface area contributed by atoms with Crippen molar-refractivity contribution in [2.24, 2.45) is 0 Å². The van der Waals surface area contributed by atoms with Gasteiger partial charge in [-0.05, 0) is 22.6 Å². The van der Waals surface area contributed by atoms with Crippen molar-refractivity contribution in [3.63, 3.8) is 0 Å². The van der Waals surface area contributed by atoms with Crippen molar-refractivity contribution in [1.82, 2.24) is 25.3 Å². The van der Waals surface area contributed by atoms with E-state index < -0.39 is 0 Å². The highest BCUT2D eigenvalue weighted by Crippen LogP contribution is 2.10. The smallest absolute Gasteiger partial charge is 0.200 e. The van der Waals surface area contributed by atoms with E-state index in [9.17, 15) is 0 Å². The van der Waals surface area contributed by atoms with Crippen LogP contribution in [-0.4, -0.2) is 57.9 Å². The number of nitrogens with zero attached hydrogens (tertiary/aromatic N) is 6. The highest BCUT2D eigenvalue weighted by molar-refractivity contribution is 6.18. The lowest BCUT2D eigenvalue weighted by Gasteiger charge is -2.21. The van der Waals surface area contributed by atoms with E-state index in [0.717, 1.165) is 12.4 Å². The Morgan fingerprint density at radius 2 is 2.29 bits per heavy atom. The Balaban J connectivity index is 2.20. The van der Waals surface area contributed by atoms with Crippen LogP contribution in [0.25, 0.3) is 5.65 Å². The van der Waals surface area contributed by atoms with Gasteiger partial charge in [-0.1, -0.05) is 0 Å². The van der Waals surface area contributed by atoms with E-state index in [-0.39, 0.29) is 0 Å². The number of tetrazole rings is 1. The van der Waals surface area contributed by atoms with Crippen molar-refractivity contribution in [3.05, 3.63) is 12.1 Å². The third kappa shape index (κ3) is 2.80. The minimum Gasteiger partial charge on any atom is -0.383 e. The second-order valence-corrected chi connectivity index (χ2v) is 3.76. The van der Waals surface area contributed by atoms with Crippen molar-refractivity contribution in [3.8, 4) is 0 Å². The first-order chi connectivity index (χ1) is 8.35. The first-order valence-electron chi connectivity index (χ1n) is 5.20. The number of hydrogen-bond donors (Lipinski definition) is 0. The summed E-state index contributed by atoms with van der Waals surface area (Å²) in [5.41, 5.74) is 0.617. The number of aromatic nitrogens is 5. The molecule has 0 fully saturated rings. The van der Waals surface area contributed by atoms with Crippen LogP contribution in [0.2, 0.25) is 0 Å². The van der Waals surface area contributed by atoms with E-state index in [4.69, 9.17) is 16.3 Å². The molecule has 2 aromatic heterocycles. The van der Waals surface area contributed by atoms with Crippen LogP contribution in [0.4, 0.5) is 5.82 Å². The van der Waals surface area contributed by atoms with E-state index in [1.54, 1.807) is 7.11 Å². The summed E-state index contributed by atoms with van der Waals surface area (Å²) in [6.45, 7) is 2.04. The van der Waals surface area contributed by atoms with E-state index in [2.05, 4.69) is 20.6 Å². The van der Waals surface area contributed by atoms with E-state index in [1.807, 2.05) is 17.0 Å². The monoisotopic (exact) mass is 256 g/mol. The summed E-state index contributed by atoms with van der Waals surface area (Å²) in [5.74, 6) is 1.31. The van der Waals surface area contributed by atoms with Gasteiger partial charge < -0.3 is 9.64 Å². The summed E-state index contributed by atoms with van der Waals surface area (Å²) in [7, 11) is 1.66. The molecule has 0 radical (unpaired) electrons. The Morgan fingerprint density at radius 1 is 1.41 bits per heavy atom. The van der Waals surface area contributed by atoms with Gasteiger partial charge in [-0.25, -0.2) is 0 Å². The first kappa shape index (κ1) is 12.0. The molecule has 0 aliphatic rings. The van der Waals surface area contributed by atoms with Crippen LogP contribution < -0.4 is 4.90 Å². The average molecular weight is 257 g/mol. The third-order valence-corrected chi connectivity index (χ3v) is 2.47.